The number of nitriles is 1. The highest BCUT2D eigenvalue weighted by molar-refractivity contribution is 5.70. The van der Waals surface area contributed by atoms with Crippen LogP contribution in [0.25, 0.3) is 16.9 Å². The number of aromatic nitrogens is 4. The summed E-state index contributed by atoms with van der Waals surface area (Å²) in [6, 6.07) is 18.5. The van der Waals surface area contributed by atoms with Gasteiger partial charge in [0.1, 0.15) is 6.33 Å². The lowest BCUT2D eigenvalue weighted by atomic mass is 9.95. The first-order valence-corrected chi connectivity index (χ1v) is 10.5. The van der Waals surface area contributed by atoms with Gasteiger partial charge in [-0.2, -0.15) is 15.3 Å². The van der Waals surface area contributed by atoms with Crippen molar-refractivity contribution in [3.63, 3.8) is 0 Å². The second-order valence-corrected chi connectivity index (χ2v) is 7.49. The quantitative estimate of drug-likeness (QED) is 0.433. The van der Waals surface area contributed by atoms with Crippen LogP contribution < -0.4 is 0 Å². The molecule has 0 saturated carbocycles. The highest BCUT2D eigenvalue weighted by Crippen LogP contribution is 2.26. The summed E-state index contributed by atoms with van der Waals surface area (Å²) in [4.78, 5) is 9.13. The average molecular weight is 396 g/mol. The van der Waals surface area contributed by atoms with Crippen LogP contribution in [0.3, 0.4) is 0 Å². The van der Waals surface area contributed by atoms with E-state index < -0.39 is 0 Å². The van der Waals surface area contributed by atoms with E-state index in [2.05, 4.69) is 54.3 Å². The summed E-state index contributed by atoms with van der Waals surface area (Å²) >= 11 is 0. The molecule has 0 saturated heterocycles. The minimum Gasteiger partial charge on any atom is -0.216 e. The lowest BCUT2D eigenvalue weighted by molar-refractivity contribution is 0.751. The molecule has 0 spiro atoms. The van der Waals surface area contributed by atoms with Crippen molar-refractivity contribution < 1.29 is 0 Å². The molecule has 0 aliphatic heterocycles. The molecule has 0 fully saturated rings. The molecule has 0 amide bonds. The third-order valence-electron chi connectivity index (χ3n) is 5.38. The Balaban J connectivity index is 1.72. The molecular weight excluding hydrogens is 370 g/mol. The second kappa shape index (κ2) is 8.87. The summed E-state index contributed by atoms with van der Waals surface area (Å²) in [5.41, 5.74) is 7.55. The van der Waals surface area contributed by atoms with E-state index in [1.54, 1.807) is 6.33 Å². The largest absolute Gasteiger partial charge is 0.252 e. The predicted octanol–water partition coefficient (Wildman–Crippen LogP) is 5.16. The fraction of sp³-hybridized carbons (Fsp3) is 0.280. The first-order chi connectivity index (χ1) is 14.7. The minimum absolute atomic E-state index is 0.689. The smallest absolute Gasteiger partial charge is 0.216 e. The van der Waals surface area contributed by atoms with E-state index in [1.807, 2.05) is 28.8 Å². The predicted molar refractivity (Wildman–Crippen MR) is 118 cm³/mol. The Morgan fingerprint density at radius 2 is 1.73 bits per heavy atom. The van der Waals surface area contributed by atoms with Crippen molar-refractivity contribution in [3.8, 4) is 17.2 Å². The first-order valence-electron chi connectivity index (χ1n) is 10.5. The van der Waals surface area contributed by atoms with Crippen molar-refractivity contribution >= 4 is 5.78 Å². The van der Waals surface area contributed by atoms with Crippen LogP contribution in [0.1, 0.15) is 54.8 Å². The van der Waals surface area contributed by atoms with Crippen molar-refractivity contribution in [2.24, 2.45) is 0 Å². The minimum atomic E-state index is 0.689. The van der Waals surface area contributed by atoms with Crippen LogP contribution in [0.4, 0.5) is 0 Å². The van der Waals surface area contributed by atoms with Crippen LogP contribution in [-0.2, 0) is 19.3 Å². The summed E-state index contributed by atoms with van der Waals surface area (Å²) in [6.07, 6.45) is 6.36. The second-order valence-electron chi connectivity index (χ2n) is 7.49. The van der Waals surface area contributed by atoms with E-state index >= 15 is 0 Å². The van der Waals surface area contributed by atoms with Crippen molar-refractivity contribution in [1.82, 2.24) is 19.6 Å². The van der Waals surface area contributed by atoms with E-state index in [1.165, 1.54) is 16.8 Å². The molecule has 150 valence electrons. The Kier molecular flexibility index (Phi) is 5.85. The maximum atomic E-state index is 9.39. The molecule has 0 radical (unpaired) electrons. The maximum Gasteiger partial charge on any atom is 0.252 e. The van der Waals surface area contributed by atoms with Gasteiger partial charge in [-0.25, -0.2) is 9.50 Å². The fourth-order valence-electron chi connectivity index (χ4n) is 3.96. The first kappa shape index (κ1) is 19.8. The number of aryl methyl sites for hydroxylation is 2. The topological polar surface area (TPSA) is 66.9 Å². The molecule has 4 rings (SSSR count). The van der Waals surface area contributed by atoms with Gasteiger partial charge in [0.2, 0.25) is 0 Å². The molecule has 2 aromatic carbocycles. The van der Waals surface area contributed by atoms with Crippen molar-refractivity contribution in [1.29, 1.82) is 5.26 Å². The zero-order valence-corrected chi connectivity index (χ0v) is 17.5. The summed E-state index contributed by atoms with van der Waals surface area (Å²) < 4.78 is 1.90. The van der Waals surface area contributed by atoms with Crippen LogP contribution in [0.2, 0.25) is 0 Å². The molecule has 0 aliphatic carbocycles. The normalized spacial score (nSPS) is 11.0. The third kappa shape index (κ3) is 3.81. The van der Waals surface area contributed by atoms with Gasteiger partial charge in [-0.3, -0.25) is 0 Å². The monoisotopic (exact) mass is 395 g/mol. The Bertz CT molecular complexity index is 1200. The lowest BCUT2D eigenvalue weighted by Crippen LogP contribution is -2.11. The average Bonchev–Trinajstić information content (AvgIpc) is 3.25. The van der Waals surface area contributed by atoms with Gasteiger partial charge in [0.25, 0.3) is 5.78 Å². The number of rotatable bonds is 7. The molecule has 0 unspecified atom stereocenters. The number of benzene rings is 2. The van der Waals surface area contributed by atoms with E-state index in [4.69, 9.17) is 4.98 Å². The van der Waals surface area contributed by atoms with Crippen LogP contribution in [0, 0.1) is 11.3 Å². The van der Waals surface area contributed by atoms with Crippen molar-refractivity contribution in [2.45, 2.75) is 46.0 Å². The summed E-state index contributed by atoms with van der Waals surface area (Å²) in [5.74, 6) is 0.689. The van der Waals surface area contributed by atoms with Gasteiger partial charge in [0.05, 0.1) is 17.3 Å². The zero-order chi connectivity index (χ0) is 20.9. The molecule has 0 N–H and O–H groups in total. The third-order valence-corrected chi connectivity index (χ3v) is 5.38. The fourth-order valence-corrected chi connectivity index (χ4v) is 3.96. The molecule has 0 bridgehead atoms. The van der Waals surface area contributed by atoms with E-state index in [0.717, 1.165) is 48.9 Å². The van der Waals surface area contributed by atoms with Gasteiger partial charge in [-0.1, -0.05) is 69.2 Å². The molecule has 0 aliphatic rings. The highest BCUT2D eigenvalue weighted by Gasteiger charge is 2.16. The zero-order valence-electron chi connectivity index (χ0n) is 17.5. The van der Waals surface area contributed by atoms with Crippen molar-refractivity contribution in [2.75, 3.05) is 0 Å². The van der Waals surface area contributed by atoms with Gasteiger partial charge >= 0.3 is 0 Å². The van der Waals surface area contributed by atoms with E-state index in [9.17, 15) is 5.26 Å². The van der Waals surface area contributed by atoms with Gasteiger partial charge < -0.3 is 0 Å². The molecule has 4 aromatic rings. The molecule has 30 heavy (non-hydrogen) atoms. The van der Waals surface area contributed by atoms with E-state index in [0.29, 0.717) is 11.3 Å². The van der Waals surface area contributed by atoms with Gasteiger partial charge in [0, 0.05) is 12.1 Å². The SMILES string of the molecule is CCCc1nc2ncnn2c(CCC)c1Cc1ccc(-c2ccccc2C#N)cc1. The Labute approximate surface area is 177 Å². The molecular formula is C25H25N5. The lowest BCUT2D eigenvalue weighted by Gasteiger charge is -2.15. The molecule has 5 nitrogen and oxygen atoms in total. The molecule has 5 heteroatoms. The number of hydrogen-bond donors (Lipinski definition) is 0. The maximum absolute atomic E-state index is 9.39. The molecule has 0 atom stereocenters. The van der Waals surface area contributed by atoms with Crippen LogP contribution >= 0.6 is 0 Å². The summed E-state index contributed by atoms with van der Waals surface area (Å²) in [7, 11) is 0. The highest BCUT2D eigenvalue weighted by atomic mass is 15.3. The number of fused-ring (bicyclic) bond motifs is 1. The van der Waals surface area contributed by atoms with Gasteiger partial charge in [0.15, 0.2) is 0 Å². The van der Waals surface area contributed by atoms with Gasteiger partial charge in [-0.15, -0.1) is 0 Å². The summed E-state index contributed by atoms with van der Waals surface area (Å²) in [5, 5.41) is 13.8. The standard InChI is InChI=1S/C25H25N5/c1-3-7-23-22(24(8-4-2)30-25(29-23)27-17-28-30)15-18-11-13-19(14-12-18)21-10-6-5-9-20(21)16-26/h5-6,9-14,17H,3-4,7-8,15H2,1-2H3. The molecule has 2 heterocycles. The van der Waals surface area contributed by atoms with Crippen LogP contribution in [0.15, 0.2) is 54.9 Å². The Hall–Kier alpha value is -3.52. The van der Waals surface area contributed by atoms with Crippen LogP contribution in [0.5, 0.6) is 0 Å². The van der Waals surface area contributed by atoms with Crippen LogP contribution in [-0.4, -0.2) is 19.6 Å². The number of hydrogen-bond acceptors (Lipinski definition) is 4. The Morgan fingerprint density at radius 3 is 2.47 bits per heavy atom. The van der Waals surface area contributed by atoms with Crippen molar-refractivity contribution in [3.05, 3.63) is 82.9 Å². The summed E-state index contributed by atoms with van der Waals surface area (Å²) in [6.45, 7) is 4.37. The van der Waals surface area contributed by atoms with E-state index in [-0.39, 0.29) is 0 Å². The molecule has 2 aromatic heterocycles. The Morgan fingerprint density at radius 1 is 0.967 bits per heavy atom. The van der Waals surface area contributed by atoms with Gasteiger partial charge in [-0.05, 0) is 41.2 Å². The number of nitrogens with zero attached hydrogens (tertiary/aromatic N) is 5.